The highest BCUT2D eigenvalue weighted by molar-refractivity contribution is 5.95. The molecule has 1 fully saturated rings. The molecule has 0 aromatic rings. The monoisotopic (exact) mass is 249 g/mol. The van der Waals surface area contributed by atoms with Gasteiger partial charge in [-0.2, -0.15) is 0 Å². The van der Waals surface area contributed by atoms with Crippen molar-refractivity contribution in [2.45, 2.75) is 38.3 Å². The van der Waals surface area contributed by atoms with Crippen molar-refractivity contribution in [3.63, 3.8) is 0 Å². The zero-order chi connectivity index (χ0) is 12.9. The van der Waals surface area contributed by atoms with Crippen molar-refractivity contribution >= 4 is 5.91 Å². The SMILES string of the molecule is CC(C)(O)CCNC(=O)C1=C2C=C3CC3C2NN1. The number of rotatable bonds is 4. The first-order valence-electron chi connectivity index (χ1n) is 6.42. The molecule has 2 atom stereocenters. The van der Waals surface area contributed by atoms with E-state index in [0.29, 0.717) is 24.6 Å². The van der Waals surface area contributed by atoms with Crippen LogP contribution in [0.2, 0.25) is 0 Å². The van der Waals surface area contributed by atoms with Crippen LogP contribution in [0.25, 0.3) is 0 Å². The van der Waals surface area contributed by atoms with Gasteiger partial charge < -0.3 is 15.8 Å². The summed E-state index contributed by atoms with van der Waals surface area (Å²) in [6, 6.07) is 0.287. The van der Waals surface area contributed by atoms with Crippen molar-refractivity contribution < 1.29 is 9.90 Å². The van der Waals surface area contributed by atoms with E-state index in [1.165, 1.54) is 5.57 Å². The molecule has 1 saturated carbocycles. The molecule has 98 valence electrons. The predicted octanol–water partition coefficient (Wildman–Crippen LogP) is -0.0460. The van der Waals surface area contributed by atoms with E-state index in [1.807, 2.05) is 0 Å². The van der Waals surface area contributed by atoms with Gasteiger partial charge >= 0.3 is 0 Å². The Morgan fingerprint density at radius 3 is 3.11 bits per heavy atom. The van der Waals surface area contributed by atoms with Crippen LogP contribution in [0.1, 0.15) is 26.7 Å². The van der Waals surface area contributed by atoms with Crippen LogP contribution in [-0.2, 0) is 4.79 Å². The lowest BCUT2D eigenvalue weighted by molar-refractivity contribution is -0.118. The Balaban J connectivity index is 1.60. The van der Waals surface area contributed by atoms with Gasteiger partial charge in [0.1, 0.15) is 5.70 Å². The molecule has 5 nitrogen and oxygen atoms in total. The van der Waals surface area contributed by atoms with E-state index in [4.69, 9.17) is 0 Å². The van der Waals surface area contributed by atoms with Crippen LogP contribution in [-0.4, -0.2) is 29.2 Å². The van der Waals surface area contributed by atoms with E-state index < -0.39 is 5.60 Å². The molecule has 4 N–H and O–H groups in total. The fourth-order valence-electron chi connectivity index (χ4n) is 2.59. The molecule has 2 unspecified atom stereocenters. The van der Waals surface area contributed by atoms with Crippen LogP contribution in [0.5, 0.6) is 0 Å². The number of aliphatic hydroxyl groups is 1. The summed E-state index contributed by atoms with van der Waals surface area (Å²) in [6.45, 7) is 3.95. The maximum atomic E-state index is 12.0. The molecule has 0 saturated heterocycles. The first-order chi connectivity index (χ1) is 8.46. The molecule has 3 aliphatic rings. The highest BCUT2D eigenvalue weighted by Gasteiger charge is 2.48. The zero-order valence-electron chi connectivity index (χ0n) is 10.7. The third kappa shape index (κ3) is 2.04. The minimum Gasteiger partial charge on any atom is -0.390 e. The third-order valence-electron chi connectivity index (χ3n) is 3.74. The zero-order valence-corrected chi connectivity index (χ0v) is 10.7. The van der Waals surface area contributed by atoms with Gasteiger partial charge in [-0.15, -0.1) is 0 Å². The molecule has 0 bridgehead atoms. The van der Waals surface area contributed by atoms with E-state index in [-0.39, 0.29) is 11.9 Å². The highest BCUT2D eigenvalue weighted by Crippen LogP contribution is 2.50. The summed E-state index contributed by atoms with van der Waals surface area (Å²) < 4.78 is 0. The minimum atomic E-state index is -0.744. The van der Waals surface area contributed by atoms with Gasteiger partial charge in [0.2, 0.25) is 0 Å². The Hall–Kier alpha value is -1.33. The van der Waals surface area contributed by atoms with Gasteiger partial charge in [-0.25, -0.2) is 5.43 Å². The van der Waals surface area contributed by atoms with Crippen molar-refractivity contribution in [2.75, 3.05) is 6.54 Å². The van der Waals surface area contributed by atoms with Gasteiger partial charge in [0, 0.05) is 18.0 Å². The third-order valence-corrected chi connectivity index (χ3v) is 3.74. The summed E-state index contributed by atoms with van der Waals surface area (Å²) in [7, 11) is 0. The number of carbonyl (C=O) groups excluding carboxylic acids is 1. The smallest absolute Gasteiger partial charge is 0.269 e. The summed E-state index contributed by atoms with van der Waals surface area (Å²) in [4.78, 5) is 12.0. The lowest BCUT2D eigenvalue weighted by Gasteiger charge is -2.17. The number of nitrogens with one attached hydrogen (secondary N) is 3. The van der Waals surface area contributed by atoms with E-state index >= 15 is 0 Å². The first-order valence-corrected chi connectivity index (χ1v) is 6.42. The first kappa shape index (κ1) is 11.7. The second-order valence-corrected chi connectivity index (χ2v) is 5.93. The number of hydrazine groups is 1. The molecular formula is C13H19N3O2. The van der Waals surface area contributed by atoms with Crippen molar-refractivity contribution in [2.24, 2.45) is 5.92 Å². The molecule has 1 aliphatic heterocycles. The Morgan fingerprint density at radius 2 is 2.39 bits per heavy atom. The lowest BCUT2D eigenvalue weighted by atomic mass is 10.1. The second-order valence-electron chi connectivity index (χ2n) is 5.93. The molecule has 1 amide bonds. The Kier molecular flexibility index (Phi) is 2.50. The molecule has 3 rings (SSSR count). The predicted molar refractivity (Wildman–Crippen MR) is 67.2 cm³/mol. The summed E-state index contributed by atoms with van der Waals surface area (Å²) in [5.74, 6) is 0.511. The van der Waals surface area contributed by atoms with Crippen molar-refractivity contribution in [1.82, 2.24) is 16.2 Å². The van der Waals surface area contributed by atoms with Crippen LogP contribution < -0.4 is 16.2 Å². The van der Waals surface area contributed by atoms with Crippen molar-refractivity contribution in [1.29, 1.82) is 0 Å². The van der Waals surface area contributed by atoms with Gasteiger partial charge in [0.15, 0.2) is 0 Å². The van der Waals surface area contributed by atoms with E-state index in [0.717, 1.165) is 12.0 Å². The van der Waals surface area contributed by atoms with Gasteiger partial charge in [-0.3, -0.25) is 4.79 Å². The van der Waals surface area contributed by atoms with Gasteiger partial charge in [0.25, 0.3) is 5.91 Å². The normalized spacial score (nSPS) is 28.5. The van der Waals surface area contributed by atoms with Crippen molar-refractivity contribution in [3.8, 4) is 0 Å². The molecular weight excluding hydrogens is 230 g/mol. The van der Waals surface area contributed by atoms with Crippen LogP contribution in [0, 0.1) is 5.92 Å². The van der Waals surface area contributed by atoms with E-state index in [1.54, 1.807) is 13.8 Å². The molecule has 1 heterocycles. The Morgan fingerprint density at radius 1 is 1.61 bits per heavy atom. The molecule has 0 aromatic carbocycles. The number of hydrogen-bond acceptors (Lipinski definition) is 4. The molecule has 0 radical (unpaired) electrons. The maximum Gasteiger partial charge on any atom is 0.269 e. The Labute approximate surface area is 106 Å². The number of fused-ring (bicyclic) bond motifs is 3. The maximum absolute atomic E-state index is 12.0. The summed E-state index contributed by atoms with van der Waals surface area (Å²) in [6.07, 6.45) is 3.84. The highest BCUT2D eigenvalue weighted by atomic mass is 16.3. The van der Waals surface area contributed by atoms with Gasteiger partial charge in [0.05, 0.1) is 11.6 Å². The second kappa shape index (κ2) is 3.83. The molecule has 0 aromatic heterocycles. The molecule has 2 aliphatic carbocycles. The topological polar surface area (TPSA) is 73.4 Å². The fraction of sp³-hybridized carbons (Fsp3) is 0.615. The van der Waals surface area contributed by atoms with Crippen LogP contribution in [0.3, 0.4) is 0 Å². The largest absolute Gasteiger partial charge is 0.390 e. The van der Waals surface area contributed by atoms with Gasteiger partial charge in [-0.1, -0.05) is 11.6 Å². The quantitative estimate of drug-likeness (QED) is 0.564. The number of amides is 1. The van der Waals surface area contributed by atoms with Crippen molar-refractivity contribution in [3.05, 3.63) is 22.9 Å². The number of carbonyl (C=O) groups is 1. The minimum absolute atomic E-state index is 0.0950. The van der Waals surface area contributed by atoms with E-state index in [9.17, 15) is 9.90 Å². The summed E-state index contributed by atoms with van der Waals surface area (Å²) >= 11 is 0. The molecule has 5 heteroatoms. The molecule has 0 spiro atoms. The van der Waals surface area contributed by atoms with E-state index in [2.05, 4.69) is 22.2 Å². The average Bonchev–Trinajstić information content (AvgIpc) is 2.75. The molecule has 18 heavy (non-hydrogen) atoms. The van der Waals surface area contributed by atoms with Crippen LogP contribution >= 0.6 is 0 Å². The standard InChI is InChI=1S/C13H19N3O2/c1-13(2,18)3-4-14-12(17)11-9-6-7-5-8(7)10(9)15-16-11/h6,8,10,15-16,18H,3-5H2,1-2H3,(H,14,17). The summed E-state index contributed by atoms with van der Waals surface area (Å²) in [5.41, 5.74) is 8.56. The summed E-state index contributed by atoms with van der Waals surface area (Å²) in [5, 5.41) is 12.4. The number of hydrogen-bond donors (Lipinski definition) is 4. The van der Waals surface area contributed by atoms with Crippen LogP contribution in [0.15, 0.2) is 22.9 Å². The average molecular weight is 249 g/mol. The van der Waals surface area contributed by atoms with Gasteiger partial charge in [-0.05, 0) is 26.7 Å². The Bertz CT molecular complexity index is 459. The van der Waals surface area contributed by atoms with Crippen LogP contribution in [0.4, 0.5) is 0 Å². The fourth-order valence-corrected chi connectivity index (χ4v) is 2.59. The lowest BCUT2D eigenvalue weighted by Crippen LogP contribution is -2.38.